The van der Waals surface area contributed by atoms with E-state index in [2.05, 4.69) is 10.6 Å². The van der Waals surface area contributed by atoms with Gasteiger partial charge in [-0.25, -0.2) is 4.39 Å². The van der Waals surface area contributed by atoms with Gasteiger partial charge in [0.2, 0.25) is 0 Å². The maximum Gasteiger partial charge on any atom is 0.255 e. The summed E-state index contributed by atoms with van der Waals surface area (Å²) in [4.78, 5) is 12.2. The summed E-state index contributed by atoms with van der Waals surface area (Å²) in [5.74, 6) is -0.105. The van der Waals surface area contributed by atoms with Gasteiger partial charge in [0.1, 0.15) is 11.9 Å². The molecule has 1 amide bonds. The van der Waals surface area contributed by atoms with Crippen molar-refractivity contribution in [1.29, 1.82) is 0 Å². The lowest BCUT2D eigenvalue weighted by Crippen LogP contribution is -2.50. The number of methoxy groups -OCH3 is 1. The van der Waals surface area contributed by atoms with Crippen molar-refractivity contribution in [2.45, 2.75) is 18.6 Å². The highest BCUT2D eigenvalue weighted by Crippen LogP contribution is 2.29. The van der Waals surface area contributed by atoms with E-state index in [1.807, 2.05) is 0 Å². The highest BCUT2D eigenvalue weighted by molar-refractivity contribution is 6.33. The minimum absolute atomic E-state index is 0.241. The Morgan fingerprint density at radius 3 is 3.00 bits per heavy atom. The molecule has 1 heterocycles. The number of nitrogens with two attached hydrogens (primary N) is 1. The summed E-state index contributed by atoms with van der Waals surface area (Å²) < 4.78 is 18.8. The number of alkyl halides is 1. The molecule has 1 aliphatic heterocycles. The van der Waals surface area contributed by atoms with E-state index in [4.69, 9.17) is 22.1 Å². The molecule has 2 unspecified atom stereocenters. The minimum atomic E-state index is -1.11. The van der Waals surface area contributed by atoms with Gasteiger partial charge in [0.25, 0.3) is 5.91 Å². The molecule has 1 fully saturated rings. The summed E-state index contributed by atoms with van der Waals surface area (Å²) in [5.41, 5.74) is 6.23. The van der Waals surface area contributed by atoms with Crippen molar-refractivity contribution in [3.05, 3.63) is 22.7 Å². The topological polar surface area (TPSA) is 76.4 Å². The average Bonchev–Trinajstić information content (AvgIpc) is 2.43. The summed E-state index contributed by atoms with van der Waals surface area (Å²) >= 11 is 5.91. The van der Waals surface area contributed by atoms with E-state index < -0.39 is 18.1 Å². The lowest BCUT2D eigenvalue weighted by atomic mass is 10.0. The minimum Gasteiger partial charge on any atom is -0.496 e. The molecule has 1 saturated heterocycles. The Kier molecular flexibility index (Phi) is 4.67. The van der Waals surface area contributed by atoms with Gasteiger partial charge in [-0.1, -0.05) is 11.6 Å². The molecule has 7 heteroatoms. The first-order valence-electron chi connectivity index (χ1n) is 6.31. The highest BCUT2D eigenvalue weighted by Gasteiger charge is 2.27. The van der Waals surface area contributed by atoms with Crippen LogP contribution in [-0.4, -0.2) is 38.3 Å². The van der Waals surface area contributed by atoms with Crippen molar-refractivity contribution < 1.29 is 13.9 Å². The number of carbonyl (C=O) groups excluding carboxylic acids is 1. The Balaban J connectivity index is 2.18. The van der Waals surface area contributed by atoms with Crippen LogP contribution in [0.2, 0.25) is 5.02 Å². The molecule has 5 nitrogen and oxygen atoms in total. The van der Waals surface area contributed by atoms with Crippen molar-refractivity contribution in [2.75, 3.05) is 25.9 Å². The van der Waals surface area contributed by atoms with Gasteiger partial charge in [0, 0.05) is 12.6 Å². The third-order valence-electron chi connectivity index (χ3n) is 3.29. The zero-order valence-electron chi connectivity index (χ0n) is 11.1. The molecule has 0 spiro atoms. The molecule has 1 aromatic carbocycles. The fourth-order valence-electron chi connectivity index (χ4n) is 2.14. The molecule has 0 saturated carbocycles. The van der Waals surface area contributed by atoms with Gasteiger partial charge in [-0.15, -0.1) is 0 Å². The van der Waals surface area contributed by atoms with Crippen LogP contribution in [0.1, 0.15) is 16.8 Å². The zero-order chi connectivity index (χ0) is 14.7. The third kappa shape index (κ3) is 3.13. The summed E-state index contributed by atoms with van der Waals surface area (Å²) in [6.07, 6.45) is -0.569. The summed E-state index contributed by atoms with van der Waals surface area (Å²) in [5, 5.41) is 5.86. The van der Waals surface area contributed by atoms with E-state index in [-0.39, 0.29) is 17.1 Å². The normalized spacial score (nSPS) is 22.4. The van der Waals surface area contributed by atoms with Crippen LogP contribution >= 0.6 is 11.6 Å². The van der Waals surface area contributed by atoms with Gasteiger partial charge in [-0.3, -0.25) is 4.79 Å². The molecular formula is C13H17ClFN3O2. The molecule has 2 atom stereocenters. The first-order chi connectivity index (χ1) is 9.52. The van der Waals surface area contributed by atoms with Crippen molar-refractivity contribution >= 4 is 23.2 Å². The van der Waals surface area contributed by atoms with Crippen LogP contribution < -0.4 is 21.1 Å². The maximum atomic E-state index is 13.7. The number of nitrogens with one attached hydrogen (secondary N) is 2. The van der Waals surface area contributed by atoms with E-state index in [1.54, 1.807) is 0 Å². The van der Waals surface area contributed by atoms with Crippen LogP contribution in [0.5, 0.6) is 5.75 Å². The average molecular weight is 302 g/mol. The molecule has 4 N–H and O–H groups in total. The first kappa shape index (κ1) is 14.9. The second-order valence-electron chi connectivity index (χ2n) is 4.66. The number of rotatable bonds is 3. The molecule has 20 heavy (non-hydrogen) atoms. The standard InChI is InChI=1S/C13H17ClFN3O2/c1-20-12-5-10(16)8(14)4-7(12)13(19)18-11-2-3-17-6-9(11)15/h4-5,9,11,17H,2-3,6,16H2,1H3,(H,18,19). The number of amides is 1. The van der Waals surface area contributed by atoms with Crippen LogP contribution in [0, 0.1) is 0 Å². The molecular weight excluding hydrogens is 285 g/mol. The fraction of sp³-hybridized carbons (Fsp3) is 0.462. The van der Waals surface area contributed by atoms with Crippen LogP contribution in [-0.2, 0) is 0 Å². The zero-order valence-corrected chi connectivity index (χ0v) is 11.8. The van der Waals surface area contributed by atoms with Gasteiger partial charge in [0.15, 0.2) is 0 Å². The van der Waals surface area contributed by atoms with E-state index in [9.17, 15) is 9.18 Å². The maximum absolute atomic E-state index is 13.7. The van der Waals surface area contributed by atoms with Crippen molar-refractivity contribution in [3.8, 4) is 5.75 Å². The Morgan fingerprint density at radius 2 is 2.35 bits per heavy atom. The number of carbonyl (C=O) groups is 1. The quantitative estimate of drug-likeness (QED) is 0.737. The highest BCUT2D eigenvalue weighted by atomic mass is 35.5. The number of anilines is 1. The Morgan fingerprint density at radius 1 is 1.60 bits per heavy atom. The van der Waals surface area contributed by atoms with Crippen LogP contribution in [0.15, 0.2) is 12.1 Å². The molecule has 0 aromatic heterocycles. The monoisotopic (exact) mass is 301 g/mol. The summed E-state index contributed by atoms with van der Waals surface area (Å²) in [7, 11) is 1.43. The molecule has 0 bridgehead atoms. The number of benzene rings is 1. The number of hydrogen-bond acceptors (Lipinski definition) is 4. The summed E-state index contributed by atoms with van der Waals surface area (Å²) in [6.45, 7) is 0.912. The number of nitrogen functional groups attached to an aromatic ring is 1. The van der Waals surface area contributed by atoms with Crippen LogP contribution in [0.4, 0.5) is 10.1 Å². The largest absolute Gasteiger partial charge is 0.496 e. The SMILES string of the molecule is COc1cc(N)c(Cl)cc1C(=O)NC1CCNCC1F. The predicted molar refractivity (Wildman–Crippen MR) is 76.1 cm³/mol. The molecule has 0 radical (unpaired) electrons. The molecule has 0 aliphatic carbocycles. The van der Waals surface area contributed by atoms with Crippen molar-refractivity contribution in [1.82, 2.24) is 10.6 Å². The second-order valence-corrected chi connectivity index (χ2v) is 5.07. The Hall–Kier alpha value is -1.53. The number of piperidine rings is 1. The first-order valence-corrected chi connectivity index (χ1v) is 6.69. The predicted octanol–water partition coefficient (Wildman–Crippen LogP) is 1.36. The lowest BCUT2D eigenvalue weighted by molar-refractivity contribution is 0.0889. The Labute approximate surface area is 121 Å². The molecule has 2 rings (SSSR count). The summed E-state index contributed by atoms with van der Waals surface area (Å²) in [6, 6.07) is 2.40. The molecule has 1 aliphatic rings. The van der Waals surface area contributed by atoms with Gasteiger partial charge in [-0.05, 0) is 19.0 Å². The van der Waals surface area contributed by atoms with Crippen molar-refractivity contribution in [3.63, 3.8) is 0 Å². The number of ether oxygens (including phenoxy) is 1. The second kappa shape index (κ2) is 6.28. The van der Waals surface area contributed by atoms with Gasteiger partial charge in [0.05, 0.1) is 29.4 Å². The van der Waals surface area contributed by atoms with E-state index in [1.165, 1.54) is 19.2 Å². The Bertz CT molecular complexity index is 513. The van der Waals surface area contributed by atoms with E-state index >= 15 is 0 Å². The molecule has 110 valence electrons. The van der Waals surface area contributed by atoms with E-state index in [0.29, 0.717) is 24.4 Å². The van der Waals surface area contributed by atoms with E-state index in [0.717, 1.165) is 0 Å². The van der Waals surface area contributed by atoms with Crippen LogP contribution in [0.3, 0.4) is 0 Å². The van der Waals surface area contributed by atoms with Crippen LogP contribution in [0.25, 0.3) is 0 Å². The molecule has 1 aromatic rings. The third-order valence-corrected chi connectivity index (χ3v) is 3.62. The fourth-order valence-corrected chi connectivity index (χ4v) is 2.31. The van der Waals surface area contributed by atoms with Gasteiger partial charge >= 0.3 is 0 Å². The smallest absolute Gasteiger partial charge is 0.255 e. The van der Waals surface area contributed by atoms with Crippen molar-refractivity contribution in [2.24, 2.45) is 0 Å². The number of hydrogen-bond donors (Lipinski definition) is 3. The van der Waals surface area contributed by atoms with Gasteiger partial charge in [-0.2, -0.15) is 0 Å². The lowest BCUT2D eigenvalue weighted by Gasteiger charge is -2.27. The van der Waals surface area contributed by atoms with Gasteiger partial charge < -0.3 is 21.1 Å². The number of halogens is 2.